The van der Waals surface area contributed by atoms with E-state index in [1.54, 1.807) is 18.5 Å². The lowest BCUT2D eigenvalue weighted by Gasteiger charge is -2.51. The molecule has 1 N–H and O–H groups in total. The van der Waals surface area contributed by atoms with Crippen molar-refractivity contribution in [2.75, 3.05) is 18.0 Å². The van der Waals surface area contributed by atoms with Crippen LogP contribution in [0.2, 0.25) is 10.0 Å². The van der Waals surface area contributed by atoms with Crippen LogP contribution in [0.3, 0.4) is 0 Å². The smallest absolute Gasteiger partial charge is 0.354 e. The molecule has 10 heteroatoms. The predicted molar refractivity (Wildman–Crippen MR) is 172 cm³/mol. The number of nitrogens with zero attached hydrogens (tertiary/aromatic N) is 4. The summed E-state index contributed by atoms with van der Waals surface area (Å²) in [5.74, 6) is 8.15. The van der Waals surface area contributed by atoms with Crippen LogP contribution in [0, 0.1) is 17.3 Å². The number of fused-ring (bicyclic) bond motifs is 4. The Morgan fingerprint density at radius 1 is 1.07 bits per heavy atom. The van der Waals surface area contributed by atoms with Crippen LogP contribution in [-0.2, 0) is 11.3 Å². The van der Waals surface area contributed by atoms with Gasteiger partial charge in [-0.25, -0.2) is 9.78 Å². The molecule has 5 aliphatic rings. The van der Waals surface area contributed by atoms with Crippen LogP contribution >= 0.6 is 23.2 Å². The summed E-state index contributed by atoms with van der Waals surface area (Å²) >= 11 is 13.0. The van der Waals surface area contributed by atoms with E-state index in [1.807, 2.05) is 12.1 Å². The molecule has 45 heavy (non-hydrogen) atoms. The minimum atomic E-state index is -1.01. The van der Waals surface area contributed by atoms with Crippen molar-refractivity contribution in [3.05, 3.63) is 69.3 Å². The number of anilines is 1. The molecular weight excluding hydrogens is 611 g/mol. The van der Waals surface area contributed by atoms with Gasteiger partial charge in [-0.2, -0.15) is 0 Å². The number of hydrogen-bond acceptors (Lipinski definition) is 7. The van der Waals surface area contributed by atoms with E-state index in [0.29, 0.717) is 33.8 Å². The Hall–Kier alpha value is -3.64. The highest BCUT2D eigenvalue weighted by Crippen LogP contribution is 2.54. The number of carboxylic acids is 1. The van der Waals surface area contributed by atoms with Crippen LogP contribution in [0.15, 0.2) is 41.2 Å². The summed E-state index contributed by atoms with van der Waals surface area (Å²) in [7, 11) is 0. The molecule has 0 unspecified atom stereocenters. The Morgan fingerprint density at radius 2 is 1.80 bits per heavy atom. The molecule has 8 nitrogen and oxygen atoms in total. The first-order valence-corrected chi connectivity index (χ1v) is 16.5. The van der Waals surface area contributed by atoms with Crippen molar-refractivity contribution >= 4 is 45.8 Å². The lowest BCUT2D eigenvalue weighted by Crippen LogP contribution is -2.47. The van der Waals surface area contributed by atoms with E-state index in [4.69, 9.17) is 32.5 Å². The third-order valence-corrected chi connectivity index (χ3v) is 10.8. The monoisotopic (exact) mass is 642 g/mol. The van der Waals surface area contributed by atoms with Gasteiger partial charge in [0.2, 0.25) is 0 Å². The molecule has 0 amide bonds. The predicted octanol–water partition coefficient (Wildman–Crippen LogP) is 8.04. The van der Waals surface area contributed by atoms with Crippen molar-refractivity contribution in [3.63, 3.8) is 0 Å². The molecule has 0 radical (unpaired) electrons. The van der Waals surface area contributed by atoms with Crippen molar-refractivity contribution in [3.8, 4) is 23.1 Å². The molecule has 230 valence electrons. The lowest BCUT2D eigenvalue weighted by atomic mass is 9.59. The first kappa shape index (κ1) is 28.8. The number of pyridine rings is 2. The second kappa shape index (κ2) is 11.0. The second-order valence-electron chi connectivity index (χ2n) is 13.0. The molecule has 4 aliphatic carbocycles. The summed E-state index contributed by atoms with van der Waals surface area (Å²) in [6, 6.07) is 7.68. The highest BCUT2D eigenvalue weighted by atomic mass is 35.5. The van der Waals surface area contributed by atoms with E-state index in [0.717, 1.165) is 104 Å². The van der Waals surface area contributed by atoms with Crippen molar-refractivity contribution in [2.24, 2.45) is 5.41 Å². The molecule has 3 aromatic heterocycles. The zero-order valence-electron chi connectivity index (χ0n) is 24.7. The van der Waals surface area contributed by atoms with E-state index in [-0.39, 0.29) is 16.7 Å². The molecule has 4 aromatic rings. The zero-order chi connectivity index (χ0) is 30.8. The molecule has 4 saturated carbocycles. The van der Waals surface area contributed by atoms with Gasteiger partial charge in [-0.3, -0.25) is 4.98 Å². The number of hydrogen-bond donors (Lipinski definition) is 1. The summed E-state index contributed by atoms with van der Waals surface area (Å²) in [5.41, 5.74) is 3.04. The fraction of sp³-hybridized carbons (Fsp3) is 0.429. The lowest BCUT2D eigenvalue weighted by molar-refractivity contribution is -0.131. The van der Waals surface area contributed by atoms with Gasteiger partial charge in [-0.1, -0.05) is 46.3 Å². The quantitative estimate of drug-likeness (QED) is 0.202. The fourth-order valence-corrected chi connectivity index (χ4v) is 7.68. The Bertz CT molecular complexity index is 1860. The van der Waals surface area contributed by atoms with Crippen LogP contribution in [-0.4, -0.2) is 44.9 Å². The van der Waals surface area contributed by atoms with E-state index in [9.17, 15) is 9.90 Å². The van der Waals surface area contributed by atoms with Crippen LogP contribution < -0.4 is 4.90 Å². The number of aromatic carboxylic acids is 1. The maximum absolute atomic E-state index is 11.7. The molecule has 2 bridgehead atoms. The molecule has 5 fully saturated rings. The number of carbonyl (C=O) groups is 1. The minimum absolute atomic E-state index is 0.0224. The van der Waals surface area contributed by atoms with Crippen molar-refractivity contribution < 1.29 is 19.2 Å². The normalized spacial score (nSPS) is 23.9. The highest BCUT2D eigenvalue weighted by molar-refractivity contribution is 6.38. The summed E-state index contributed by atoms with van der Waals surface area (Å²) in [6.45, 7) is 2.19. The van der Waals surface area contributed by atoms with Crippen LogP contribution in [0.4, 0.5) is 5.82 Å². The SMILES string of the molecule is O=C(O)c1cc2ccc(C#CC34CCC(OCc5c(-c6c(Cl)cncc6Cl)noc5C5CC5)(CC3)CC4)cc2c(N2CCC2)n1. The van der Waals surface area contributed by atoms with Gasteiger partial charge in [0.1, 0.15) is 17.3 Å². The molecular formula is C35H32Cl2N4O4. The van der Waals surface area contributed by atoms with Crippen molar-refractivity contribution in [2.45, 2.75) is 75.9 Å². The summed E-state index contributed by atoms with van der Waals surface area (Å²) < 4.78 is 12.6. The highest BCUT2D eigenvalue weighted by Gasteiger charge is 2.49. The van der Waals surface area contributed by atoms with Crippen LogP contribution in [0.25, 0.3) is 22.0 Å². The average Bonchev–Trinajstić information content (AvgIpc) is 3.79. The minimum Gasteiger partial charge on any atom is -0.477 e. The topological polar surface area (TPSA) is 102 Å². The van der Waals surface area contributed by atoms with E-state index >= 15 is 0 Å². The maximum atomic E-state index is 11.7. The number of rotatable bonds is 7. The number of halogens is 2. The third kappa shape index (κ3) is 5.25. The molecule has 9 rings (SSSR count). The second-order valence-corrected chi connectivity index (χ2v) is 13.9. The Morgan fingerprint density at radius 3 is 2.44 bits per heavy atom. The summed E-state index contributed by atoms with van der Waals surface area (Å²) in [6.07, 6.45) is 12.3. The van der Waals surface area contributed by atoms with E-state index < -0.39 is 5.97 Å². The number of ether oxygens (including phenoxy) is 1. The summed E-state index contributed by atoms with van der Waals surface area (Å²) in [5, 5.41) is 16.7. The molecule has 1 saturated heterocycles. The standard InChI is InChI=1S/C35H32Cl2N4O4/c36-26-18-38-19-27(37)29(26)30-25(31(45-40-30)22-4-5-22)20-44-35-11-8-34(9-12-35,10-13-35)7-6-21-2-3-23-17-28(33(42)43)39-32(24(23)16-21)41-14-1-15-41/h2-3,16-19,22H,1,4-5,8-15,20H2,(H,42,43). The van der Waals surface area contributed by atoms with Gasteiger partial charge < -0.3 is 19.3 Å². The molecule has 0 spiro atoms. The van der Waals surface area contributed by atoms with Crippen molar-refractivity contribution in [1.29, 1.82) is 0 Å². The molecule has 1 aliphatic heterocycles. The largest absolute Gasteiger partial charge is 0.477 e. The number of benzene rings is 1. The third-order valence-electron chi connectivity index (χ3n) is 10.2. The number of carboxylic acid groups (broad SMARTS) is 1. The molecule has 4 heterocycles. The van der Waals surface area contributed by atoms with Crippen molar-refractivity contribution in [1.82, 2.24) is 15.1 Å². The Labute approximate surface area is 271 Å². The van der Waals surface area contributed by atoms with Gasteiger partial charge >= 0.3 is 5.97 Å². The fourth-order valence-electron chi connectivity index (χ4n) is 7.13. The van der Waals surface area contributed by atoms with Gasteiger partial charge in [-0.15, -0.1) is 0 Å². The average molecular weight is 644 g/mol. The van der Waals surface area contributed by atoms with E-state index in [2.05, 4.69) is 37.9 Å². The first-order chi connectivity index (χ1) is 21.8. The van der Waals surface area contributed by atoms with Gasteiger partial charge in [-0.05, 0) is 81.4 Å². The molecule has 0 atom stereocenters. The maximum Gasteiger partial charge on any atom is 0.354 e. The van der Waals surface area contributed by atoms with Gasteiger partial charge in [0.25, 0.3) is 0 Å². The molecule has 1 aromatic carbocycles. The summed E-state index contributed by atoms with van der Waals surface area (Å²) in [4.78, 5) is 22.4. The first-order valence-electron chi connectivity index (χ1n) is 15.7. The Balaban J connectivity index is 1.00. The zero-order valence-corrected chi connectivity index (χ0v) is 26.3. The van der Waals surface area contributed by atoms with Gasteiger partial charge in [0.15, 0.2) is 5.69 Å². The number of aromatic nitrogens is 3. The van der Waals surface area contributed by atoms with Gasteiger partial charge in [0, 0.05) is 58.9 Å². The van der Waals surface area contributed by atoms with Crippen LogP contribution in [0.1, 0.15) is 91.1 Å². The van der Waals surface area contributed by atoms with Gasteiger partial charge in [0.05, 0.1) is 22.3 Å². The Kier molecular flexibility index (Phi) is 7.05. The van der Waals surface area contributed by atoms with E-state index in [1.165, 1.54) is 0 Å². The van der Waals surface area contributed by atoms with Crippen LogP contribution in [0.5, 0.6) is 0 Å².